The molecule has 0 fully saturated rings. The summed E-state index contributed by atoms with van der Waals surface area (Å²) in [6, 6.07) is 15.0. The number of benzene rings is 2. The van der Waals surface area contributed by atoms with E-state index in [1.165, 1.54) is 12.1 Å². The van der Waals surface area contributed by atoms with Gasteiger partial charge in [0.15, 0.2) is 0 Å². The number of para-hydroxylation sites is 1. The van der Waals surface area contributed by atoms with Gasteiger partial charge in [0.1, 0.15) is 0 Å². The van der Waals surface area contributed by atoms with Crippen molar-refractivity contribution in [3.63, 3.8) is 0 Å². The second-order valence-corrected chi connectivity index (χ2v) is 4.91. The highest BCUT2D eigenvalue weighted by atomic mass is 19.4. The molecule has 0 radical (unpaired) electrons. The molecule has 0 aliphatic carbocycles. The van der Waals surface area contributed by atoms with Crippen LogP contribution in [-0.2, 0) is 12.6 Å². The van der Waals surface area contributed by atoms with E-state index in [1.807, 2.05) is 30.3 Å². The molecule has 0 spiro atoms. The summed E-state index contributed by atoms with van der Waals surface area (Å²) in [6.07, 6.45) is -1.96. The van der Waals surface area contributed by atoms with Crippen molar-refractivity contribution in [2.75, 3.05) is 0 Å². The van der Waals surface area contributed by atoms with Crippen molar-refractivity contribution >= 4 is 10.9 Å². The number of pyridine rings is 1. The van der Waals surface area contributed by atoms with Gasteiger partial charge in [0.05, 0.1) is 11.1 Å². The molecule has 0 N–H and O–H groups in total. The lowest BCUT2D eigenvalue weighted by Crippen LogP contribution is -2.04. The van der Waals surface area contributed by atoms with Gasteiger partial charge in [-0.1, -0.05) is 30.3 Å². The maximum Gasteiger partial charge on any atom is 0.416 e. The van der Waals surface area contributed by atoms with E-state index in [0.717, 1.165) is 34.2 Å². The molecule has 21 heavy (non-hydrogen) atoms. The largest absolute Gasteiger partial charge is 0.416 e. The number of fused-ring (bicyclic) bond motifs is 1. The minimum atomic E-state index is -4.29. The minimum absolute atomic E-state index is 0.565. The van der Waals surface area contributed by atoms with Crippen LogP contribution in [0.2, 0.25) is 0 Å². The van der Waals surface area contributed by atoms with Crippen LogP contribution in [0.4, 0.5) is 13.2 Å². The van der Waals surface area contributed by atoms with E-state index in [9.17, 15) is 13.2 Å². The first-order chi connectivity index (χ1) is 10.0. The van der Waals surface area contributed by atoms with Gasteiger partial charge in [-0.25, -0.2) is 0 Å². The van der Waals surface area contributed by atoms with E-state index in [4.69, 9.17) is 0 Å². The zero-order valence-electron chi connectivity index (χ0n) is 11.1. The van der Waals surface area contributed by atoms with Crippen molar-refractivity contribution in [1.29, 1.82) is 0 Å². The number of halogens is 3. The zero-order valence-corrected chi connectivity index (χ0v) is 11.1. The van der Waals surface area contributed by atoms with Crippen molar-refractivity contribution in [2.45, 2.75) is 12.6 Å². The Morgan fingerprint density at radius 1 is 0.857 bits per heavy atom. The zero-order chi connectivity index (χ0) is 14.9. The van der Waals surface area contributed by atoms with E-state index in [1.54, 1.807) is 6.20 Å². The molecule has 0 saturated heterocycles. The fourth-order valence-corrected chi connectivity index (χ4v) is 2.26. The normalized spacial score (nSPS) is 11.8. The number of hydrogen-bond acceptors (Lipinski definition) is 1. The van der Waals surface area contributed by atoms with Crippen LogP contribution in [0.25, 0.3) is 10.9 Å². The third kappa shape index (κ3) is 3.05. The van der Waals surface area contributed by atoms with Crippen LogP contribution in [0.15, 0.2) is 60.8 Å². The van der Waals surface area contributed by atoms with E-state index in [-0.39, 0.29) is 0 Å². The van der Waals surface area contributed by atoms with E-state index in [0.29, 0.717) is 6.42 Å². The minimum Gasteiger partial charge on any atom is -0.256 e. The molecule has 0 aliphatic rings. The number of rotatable bonds is 2. The van der Waals surface area contributed by atoms with Gasteiger partial charge in [0.25, 0.3) is 0 Å². The first kappa shape index (κ1) is 13.6. The molecule has 0 amide bonds. The smallest absolute Gasteiger partial charge is 0.256 e. The van der Waals surface area contributed by atoms with E-state index in [2.05, 4.69) is 4.98 Å². The molecular formula is C17H12F3N. The summed E-state index contributed by atoms with van der Waals surface area (Å²) in [5.41, 5.74) is 2.10. The Balaban J connectivity index is 1.84. The van der Waals surface area contributed by atoms with Gasteiger partial charge < -0.3 is 0 Å². The molecule has 3 rings (SSSR count). The average Bonchev–Trinajstić information content (AvgIpc) is 2.47. The monoisotopic (exact) mass is 287 g/mol. The predicted molar refractivity (Wildman–Crippen MR) is 76.0 cm³/mol. The molecule has 0 saturated carbocycles. The molecule has 0 atom stereocenters. The van der Waals surface area contributed by atoms with Gasteiger partial charge in [-0.15, -0.1) is 0 Å². The second kappa shape index (κ2) is 5.20. The Labute approximate surface area is 120 Å². The van der Waals surface area contributed by atoms with Crippen LogP contribution in [0.3, 0.4) is 0 Å². The Kier molecular flexibility index (Phi) is 3.37. The standard InChI is InChI=1S/C17H12F3N/c18-17(19,20)15-7-5-12(6-8-15)9-13-10-14-3-1-2-4-16(14)21-11-13/h1-8,10-11H,9H2. The molecule has 4 heteroatoms. The molecule has 1 heterocycles. The third-order valence-corrected chi connectivity index (χ3v) is 3.34. The van der Waals surface area contributed by atoms with Crippen molar-refractivity contribution in [3.05, 3.63) is 77.5 Å². The van der Waals surface area contributed by atoms with Crippen LogP contribution in [-0.4, -0.2) is 4.98 Å². The average molecular weight is 287 g/mol. The summed E-state index contributed by atoms with van der Waals surface area (Å²) in [4.78, 5) is 4.35. The summed E-state index contributed by atoms with van der Waals surface area (Å²) in [5, 5.41) is 1.03. The van der Waals surface area contributed by atoms with Crippen molar-refractivity contribution in [2.24, 2.45) is 0 Å². The summed E-state index contributed by atoms with van der Waals surface area (Å²) in [5.74, 6) is 0. The highest BCUT2D eigenvalue weighted by Gasteiger charge is 2.29. The van der Waals surface area contributed by atoms with E-state index >= 15 is 0 Å². The fraction of sp³-hybridized carbons (Fsp3) is 0.118. The highest BCUT2D eigenvalue weighted by molar-refractivity contribution is 5.78. The van der Waals surface area contributed by atoms with Gasteiger partial charge in [-0.3, -0.25) is 4.98 Å². The van der Waals surface area contributed by atoms with Crippen LogP contribution < -0.4 is 0 Å². The quantitative estimate of drug-likeness (QED) is 0.657. The molecule has 2 aromatic carbocycles. The summed E-state index contributed by atoms with van der Waals surface area (Å²) >= 11 is 0. The number of hydrogen-bond donors (Lipinski definition) is 0. The van der Waals surface area contributed by atoms with Crippen molar-refractivity contribution < 1.29 is 13.2 Å². The molecular weight excluding hydrogens is 275 g/mol. The molecule has 1 nitrogen and oxygen atoms in total. The van der Waals surface area contributed by atoms with Crippen LogP contribution in [0.1, 0.15) is 16.7 Å². The molecule has 1 aromatic heterocycles. The number of nitrogens with zero attached hydrogens (tertiary/aromatic N) is 1. The molecule has 0 aliphatic heterocycles. The van der Waals surface area contributed by atoms with Crippen LogP contribution in [0, 0.1) is 0 Å². The summed E-state index contributed by atoms with van der Waals surface area (Å²) in [6.45, 7) is 0. The Bertz CT molecular complexity index is 761. The maximum absolute atomic E-state index is 12.5. The van der Waals surface area contributed by atoms with Gasteiger partial charge in [-0.2, -0.15) is 13.2 Å². The number of aromatic nitrogens is 1. The highest BCUT2D eigenvalue weighted by Crippen LogP contribution is 2.29. The molecule has 106 valence electrons. The van der Waals surface area contributed by atoms with Crippen LogP contribution >= 0.6 is 0 Å². The first-order valence-corrected chi connectivity index (χ1v) is 6.52. The second-order valence-electron chi connectivity index (χ2n) is 4.91. The van der Waals surface area contributed by atoms with Crippen molar-refractivity contribution in [1.82, 2.24) is 4.98 Å². The van der Waals surface area contributed by atoms with Gasteiger partial charge in [0, 0.05) is 11.6 Å². The third-order valence-electron chi connectivity index (χ3n) is 3.34. The van der Waals surface area contributed by atoms with E-state index < -0.39 is 11.7 Å². The topological polar surface area (TPSA) is 12.9 Å². The molecule has 0 unspecified atom stereocenters. The Morgan fingerprint density at radius 3 is 2.29 bits per heavy atom. The lowest BCUT2D eigenvalue weighted by molar-refractivity contribution is -0.137. The lowest BCUT2D eigenvalue weighted by atomic mass is 10.0. The van der Waals surface area contributed by atoms with Gasteiger partial charge in [0.2, 0.25) is 0 Å². The lowest BCUT2D eigenvalue weighted by Gasteiger charge is -2.08. The number of alkyl halides is 3. The van der Waals surface area contributed by atoms with Gasteiger partial charge >= 0.3 is 6.18 Å². The molecule has 0 bridgehead atoms. The first-order valence-electron chi connectivity index (χ1n) is 6.52. The summed E-state index contributed by atoms with van der Waals surface area (Å²) in [7, 11) is 0. The van der Waals surface area contributed by atoms with Crippen LogP contribution in [0.5, 0.6) is 0 Å². The maximum atomic E-state index is 12.5. The van der Waals surface area contributed by atoms with Gasteiger partial charge in [-0.05, 0) is 41.8 Å². The van der Waals surface area contributed by atoms with Crippen molar-refractivity contribution in [3.8, 4) is 0 Å². The predicted octanol–water partition coefficient (Wildman–Crippen LogP) is 4.84. The SMILES string of the molecule is FC(F)(F)c1ccc(Cc2cnc3ccccc3c2)cc1. The fourth-order valence-electron chi connectivity index (χ4n) is 2.26. The Hall–Kier alpha value is -2.36. The molecule has 3 aromatic rings. The summed E-state index contributed by atoms with van der Waals surface area (Å²) < 4.78 is 37.5. The Morgan fingerprint density at radius 2 is 1.57 bits per heavy atom.